The molecule has 0 heterocycles. The highest BCUT2D eigenvalue weighted by atomic mass is 28.3. The Hall–Kier alpha value is -1.02. The highest BCUT2D eigenvalue weighted by molar-refractivity contribution is 6.80. The van der Waals surface area contributed by atoms with Crippen LogP contribution in [0.5, 0.6) is 0 Å². The fraction of sp³-hybridized carbons (Fsp3) is 0.385. The molecule has 0 aromatic heterocycles. The predicted molar refractivity (Wildman–Crippen MR) is 71.7 cm³/mol. The first-order valence-corrected chi connectivity index (χ1v) is 9.01. The van der Waals surface area contributed by atoms with Crippen molar-refractivity contribution < 1.29 is 0 Å². The largest absolute Gasteiger partial charge is 0.376 e. The van der Waals surface area contributed by atoms with Crippen molar-refractivity contribution in [2.45, 2.75) is 33.0 Å². The van der Waals surface area contributed by atoms with Gasteiger partial charge in [0.05, 0.1) is 0 Å². The second-order valence-electron chi connectivity index (χ2n) is 4.67. The van der Waals surface area contributed by atoms with Crippen molar-refractivity contribution in [3.05, 3.63) is 42.6 Å². The fourth-order valence-electron chi connectivity index (χ4n) is 1.50. The molecular formula is C13H21NSi. The summed E-state index contributed by atoms with van der Waals surface area (Å²) in [5.41, 5.74) is 1.31. The molecule has 0 N–H and O–H groups in total. The van der Waals surface area contributed by atoms with Crippen LogP contribution in [0.1, 0.15) is 13.3 Å². The van der Waals surface area contributed by atoms with Gasteiger partial charge in [0.25, 0.3) is 0 Å². The van der Waals surface area contributed by atoms with Gasteiger partial charge in [-0.1, -0.05) is 50.8 Å². The zero-order chi connectivity index (χ0) is 11.3. The molecule has 1 aromatic carbocycles. The van der Waals surface area contributed by atoms with Gasteiger partial charge in [0.15, 0.2) is 8.24 Å². The molecule has 1 aromatic rings. The van der Waals surface area contributed by atoms with E-state index in [4.69, 9.17) is 0 Å². The van der Waals surface area contributed by atoms with Crippen molar-refractivity contribution in [2.75, 3.05) is 4.57 Å². The highest BCUT2D eigenvalue weighted by Gasteiger charge is 2.21. The van der Waals surface area contributed by atoms with E-state index in [0.717, 1.165) is 6.42 Å². The maximum Gasteiger partial charge on any atom is 0.152 e. The van der Waals surface area contributed by atoms with E-state index < -0.39 is 8.24 Å². The van der Waals surface area contributed by atoms with Crippen LogP contribution in [0.25, 0.3) is 0 Å². The molecule has 0 saturated heterocycles. The average Bonchev–Trinajstić information content (AvgIpc) is 2.18. The Balaban J connectivity index is 2.97. The van der Waals surface area contributed by atoms with Gasteiger partial charge in [-0.15, -0.1) is 0 Å². The zero-order valence-electron chi connectivity index (χ0n) is 10.2. The van der Waals surface area contributed by atoms with Gasteiger partial charge < -0.3 is 4.57 Å². The maximum absolute atomic E-state index is 2.44. The van der Waals surface area contributed by atoms with Crippen molar-refractivity contribution in [3.63, 3.8) is 0 Å². The summed E-state index contributed by atoms with van der Waals surface area (Å²) in [7, 11) is -1.32. The lowest BCUT2D eigenvalue weighted by Gasteiger charge is -2.33. The van der Waals surface area contributed by atoms with Gasteiger partial charge in [0.2, 0.25) is 0 Å². The van der Waals surface area contributed by atoms with Crippen LogP contribution in [0.15, 0.2) is 42.6 Å². The van der Waals surface area contributed by atoms with Gasteiger partial charge in [0, 0.05) is 5.69 Å². The lowest BCUT2D eigenvalue weighted by atomic mass is 10.3. The quantitative estimate of drug-likeness (QED) is 0.684. The van der Waals surface area contributed by atoms with Gasteiger partial charge in [-0.3, -0.25) is 0 Å². The van der Waals surface area contributed by atoms with Crippen molar-refractivity contribution in [1.82, 2.24) is 0 Å². The molecule has 0 amide bonds. The molecule has 0 saturated carbocycles. The topological polar surface area (TPSA) is 3.24 Å². The van der Waals surface area contributed by atoms with E-state index in [0.29, 0.717) is 0 Å². The first-order chi connectivity index (χ1) is 7.05. The Morgan fingerprint density at radius 3 is 2.20 bits per heavy atom. The zero-order valence-corrected chi connectivity index (χ0v) is 11.2. The lowest BCUT2D eigenvalue weighted by molar-refractivity contribution is 1.19. The summed E-state index contributed by atoms with van der Waals surface area (Å²) >= 11 is 0. The molecule has 0 spiro atoms. The third kappa shape index (κ3) is 3.55. The SMILES string of the molecule is CC/C=C\N(c1ccccc1)[Si](C)(C)C. The van der Waals surface area contributed by atoms with Gasteiger partial charge in [0.1, 0.15) is 0 Å². The van der Waals surface area contributed by atoms with Crippen LogP contribution in [0.2, 0.25) is 19.6 Å². The second kappa shape index (κ2) is 5.17. The molecule has 0 fully saturated rings. The van der Waals surface area contributed by atoms with Crippen LogP contribution in [0.4, 0.5) is 5.69 Å². The molecule has 1 rings (SSSR count). The summed E-state index contributed by atoms with van der Waals surface area (Å²) in [6.07, 6.45) is 5.56. The van der Waals surface area contributed by atoms with Crippen LogP contribution in [-0.2, 0) is 0 Å². The van der Waals surface area contributed by atoms with E-state index in [1.807, 2.05) is 0 Å². The number of allylic oxidation sites excluding steroid dienone is 1. The summed E-state index contributed by atoms with van der Waals surface area (Å²) in [4.78, 5) is 0. The predicted octanol–water partition coefficient (Wildman–Crippen LogP) is 4.25. The standard InChI is InChI=1S/C13H21NSi/c1-5-6-12-14(15(2,3)4)13-10-8-7-9-11-13/h6-12H,5H2,1-4H3/b12-6-. The first kappa shape index (κ1) is 12.0. The molecule has 0 atom stereocenters. The van der Waals surface area contributed by atoms with Crippen molar-refractivity contribution in [2.24, 2.45) is 0 Å². The molecule has 0 aliphatic carbocycles. The summed E-state index contributed by atoms with van der Waals surface area (Å²) in [5, 5.41) is 0. The molecule has 0 aliphatic rings. The average molecular weight is 219 g/mol. The number of anilines is 1. The maximum atomic E-state index is 2.44. The number of hydrogen-bond donors (Lipinski definition) is 0. The van der Waals surface area contributed by atoms with E-state index in [-0.39, 0.29) is 0 Å². The molecule has 15 heavy (non-hydrogen) atoms. The van der Waals surface area contributed by atoms with Crippen LogP contribution in [0.3, 0.4) is 0 Å². The number of benzene rings is 1. The van der Waals surface area contributed by atoms with E-state index in [1.54, 1.807) is 0 Å². The number of hydrogen-bond acceptors (Lipinski definition) is 1. The van der Waals surface area contributed by atoms with Crippen LogP contribution in [-0.4, -0.2) is 8.24 Å². The Morgan fingerprint density at radius 1 is 1.13 bits per heavy atom. The Bertz CT molecular complexity index is 311. The summed E-state index contributed by atoms with van der Waals surface area (Å²) < 4.78 is 2.44. The number of rotatable bonds is 4. The Morgan fingerprint density at radius 2 is 1.73 bits per heavy atom. The molecule has 0 bridgehead atoms. The van der Waals surface area contributed by atoms with Gasteiger partial charge in [-0.05, 0) is 24.8 Å². The minimum atomic E-state index is -1.32. The molecule has 0 unspecified atom stereocenters. The first-order valence-electron chi connectivity index (χ1n) is 5.56. The van der Waals surface area contributed by atoms with Crippen LogP contribution < -0.4 is 4.57 Å². The smallest absolute Gasteiger partial charge is 0.152 e. The minimum Gasteiger partial charge on any atom is -0.376 e. The second-order valence-corrected chi connectivity index (χ2v) is 9.49. The van der Waals surface area contributed by atoms with E-state index >= 15 is 0 Å². The number of para-hydroxylation sites is 1. The van der Waals surface area contributed by atoms with Gasteiger partial charge in [-0.2, -0.15) is 0 Å². The fourth-order valence-corrected chi connectivity index (χ4v) is 2.97. The molecule has 0 aliphatic heterocycles. The molecular weight excluding hydrogens is 198 g/mol. The van der Waals surface area contributed by atoms with Gasteiger partial charge >= 0.3 is 0 Å². The summed E-state index contributed by atoms with van der Waals surface area (Å²) in [5.74, 6) is 0. The molecule has 2 heteroatoms. The Kier molecular flexibility index (Phi) is 4.15. The third-order valence-electron chi connectivity index (χ3n) is 2.25. The van der Waals surface area contributed by atoms with Crippen LogP contribution in [0, 0.1) is 0 Å². The number of nitrogens with zero attached hydrogens (tertiary/aromatic N) is 1. The lowest BCUT2D eigenvalue weighted by Crippen LogP contribution is -2.42. The third-order valence-corrected chi connectivity index (χ3v) is 4.10. The molecule has 0 radical (unpaired) electrons. The van der Waals surface area contributed by atoms with Crippen molar-refractivity contribution in [1.29, 1.82) is 0 Å². The van der Waals surface area contributed by atoms with E-state index in [1.165, 1.54) is 5.69 Å². The van der Waals surface area contributed by atoms with Crippen molar-refractivity contribution >= 4 is 13.9 Å². The monoisotopic (exact) mass is 219 g/mol. The molecule has 1 nitrogen and oxygen atoms in total. The summed E-state index contributed by atoms with van der Waals surface area (Å²) in [6.45, 7) is 9.25. The molecule has 82 valence electrons. The minimum absolute atomic E-state index is 1.09. The van der Waals surface area contributed by atoms with Gasteiger partial charge in [-0.25, -0.2) is 0 Å². The van der Waals surface area contributed by atoms with Crippen LogP contribution >= 0.6 is 0 Å². The van der Waals surface area contributed by atoms with E-state index in [9.17, 15) is 0 Å². The summed E-state index contributed by atoms with van der Waals surface area (Å²) in [6, 6.07) is 10.6. The normalized spacial score (nSPS) is 12.0. The van der Waals surface area contributed by atoms with Crippen molar-refractivity contribution in [3.8, 4) is 0 Å². The highest BCUT2D eigenvalue weighted by Crippen LogP contribution is 2.21. The Labute approximate surface area is 94.5 Å². The van der Waals surface area contributed by atoms with E-state index in [2.05, 4.69) is 73.7 Å².